The van der Waals surface area contributed by atoms with Crippen molar-refractivity contribution in [2.75, 3.05) is 19.3 Å². The largest absolute Gasteiger partial charge is 0.398 e. The summed E-state index contributed by atoms with van der Waals surface area (Å²) in [5.74, 6) is -0.613. The van der Waals surface area contributed by atoms with E-state index in [1.807, 2.05) is 0 Å². The predicted molar refractivity (Wildman–Crippen MR) is 74.8 cm³/mol. The van der Waals surface area contributed by atoms with Crippen LogP contribution >= 0.6 is 0 Å². The fourth-order valence-corrected chi connectivity index (χ4v) is 2.84. The van der Waals surface area contributed by atoms with Gasteiger partial charge in [0.05, 0.1) is 4.90 Å². The molecule has 0 bridgehead atoms. The molecular weight excluding hydrogens is 267 g/mol. The first kappa shape index (κ1) is 15.7. The topological polar surface area (TPSA) is 63.4 Å². The van der Waals surface area contributed by atoms with E-state index in [0.29, 0.717) is 13.0 Å². The van der Waals surface area contributed by atoms with Gasteiger partial charge in [-0.05, 0) is 31.9 Å². The summed E-state index contributed by atoms with van der Waals surface area (Å²) in [6.07, 6.45) is 3.12. The number of benzene rings is 1. The molecule has 0 amide bonds. The molecule has 0 aliphatic heterocycles. The van der Waals surface area contributed by atoms with Crippen LogP contribution in [-0.4, -0.2) is 26.3 Å². The Balaban J connectivity index is 3.03. The average molecular weight is 286 g/mol. The molecule has 4 nitrogen and oxygen atoms in total. The Morgan fingerprint density at radius 1 is 1.47 bits per heavy atom. The summed E-state index contributed by atoms with van der Waals surface area (Å²) >= 11 is 0. The van der Waals surface area contributed by atoms with Gasteiger partial charge in [-0.1, -0.05) is 6.08 Å². The fraction of sp³-hybridized carbons (Fsp3) is 0.385. The first-order valence-corrected chi connectivity index (χ1v) is 7.37. The highest BCUT2D eigenvalue weighted by molar-refractivity contribution is 7.89. The minimum atomic E-state index is -3.70. The Morgan fingerprint density at radius 3 is 2.63 bits per heavy atom. The second-order valence-electron chi connectivity index (χ2n) is 4.38. The van der Waals surface area contributed by atoms with Crippen molar-refractivity contribution in [2.45, 2.75) is 24.7 Å². The summed E-state index contributed by atoms with van der Waals surface area (Å²) in [6.45, 7) is 5.44. The van der Waals surface area contributed by atoms with Crippen LogP contribution in [0.15, 0.2) is 29.7 Å². The van der Waals surface area contributed by atoms with Crippen LogP contribution in [0, 0.1) is 12.7 Å². The molecule has 0 heterocycles. The third-order valence-electron chi connectivity index (χ3n) is 2.95. The van der Waals surface area contributed by atoms with Crippen molar-refractivity contribution in [3.63, 3.8) is 0 Å². The number of halogens is 1. The Bertz CT molecular complexity index is 547. The molecule has 0 spiro atoms. The number of hydrogen-bond donors (Lipinski definition) is 1. The van der Waals surface area contributed by atoms with Crippen LogP contribution in [0.3, 0.4) is 0 Å². The number of anilines is 1. The average Bonchev–Trinajstić information content (AvgIpc) is 2.35. The third-order valence-corrected chi connectivity index (χ3v) is 4.78. The molecule has 1 aromatic rings. The maximum absolute atomic E-state index is 13.6. The standard InChI is InChI=1S/C13H19FN2O2S/c1-4-5-6-7-16(3)19(17,18)11-8-12(14)10(2)13(15)9-11/h4,8-9H,1,5-7,15H2,2-3H3. The van der Waals surface area contributed by atoms with Gasteiger partial charge in [0.25, 0.3) is 0 Å². The molecular formula is C13H19FN2O2S. The molecule has 106 valence electrons. The molecule has 0 radical (unpaired) electrons. The van der Waals surface area contributed by atoms with Crippen molar-refractivity contribution in [3.8, 4) is 0 Å². The Kier molecular flexibility index (Phi) is 5.08. The smallest absolute Gasteiger partial charge is 0.242 e. The second kappa shape index (κ2) is 6.16. The lowest BCUT2D eigenvalue weighted by molar-refractivity contribution is 0.462. The zero-order valence-electron chi connectivity index (χ0n) is 11.2. The summed E-state index contributed by atoms with van der Waals surface area (Å²) in [4.78, 5) is -0.116. The summed E-state index contributed by atoms with van der Waals surface area (Å²) in [5, 5.41) is 0. The molecule has 0 unspecified atom stereocenters. The van der Waals surface area contributed by atoms with Crippen molar-refractivity contribution in [1.82, 2.24) is 4.31 Å². The van der Waals surface area contributed by atoms with E-state index < -0.39 is 15.8 Å². The number of sulfonamides is 1. The van der Waals surface area contributed by atoms with Crippen molar-refractivity contribution in [3.05, 3.63) is 36.2 Å². The lowest BCUT2D eigenvalue weighted by Gasteiger charge is -2.17. The Morgan fingerprint density at radius 2 is 2.11 bits per heavy atom. The van der Waals surface area contributed by atoms with Gasteiger partial charge in [-0.3, -0.25) is 0 Å². The van der Waals surface area contributed by atoms with Crippen LogP contribution in [0.25, 0.3) is 0 Å². The van der Waals surface area contributed by atoms with Crippen LogP contribution in [0.4, 0.5) is 10.1 Å². The minimum absolute atomic E-state index is 0.116. The molecule has 1 aromatic carbocycles. The monoisotopic (exact) mass is 286 g/mol. The molecule has 2 N–H and O–H groups in total. The van der Waals surface area contributed by atoms with E-state index in [9.17, 15) is 12.8 Å². The van der Waals surface area contributed by atoms with Crippen LogP contribution < -0.4 is 5.73 Å². The first-order chi connectivity index (χ1) is 8.80. The fourth-order valence-electron chi connectivity index (χ4n) is 1.58. The number of nitrogen functional groups attached to an aromatic ring is 1. The molecule has 0 aliphatic rings. The highest BCUT2D eigenvalue weighted by atomic mass is 32.2. The SMILES string of the molecule is C=CCCCN(C)S(=O)(=O)c1cc(N)c(C)c(F)c1. The van der Waals surface area contributed by atoms with Crippen LogP contribution in [-0.2, 0) is 10.0 Å². The third kappa shape index (κ3) is 3.54. The van der Waals surface area contributed by atoms with Crippen molar-refractivity contribution < 1.29 is 12.8 Å². The van der Waals surface area contributed by atoms with Crippen LogP contribution in [0.2, 0.25) is 0 Å². The van der Waals surface area contributed by atoms with Crippen molar-refractivity contribution >= 4 is 15.7 Å². The number of nitrogens with zero attached hydrogens (tertiary/aromatic N) is 1. The van der Waals surface area contributed by atoms with E-state index >= 15 is 0 Å². The molecule has 19 heavy (non-hydrogen) atoms. The molecule has 0 aromatic heterocycles. The van der Waals surface area contributed by atoms with Crippen LogP contribution in [0.1, 0.15) is 18.4 Å². The van der Waals surface area contributed by atoms with Gasteiger partial charge in [0, 0.05) is 24.8 Å². The lowest BCUT2D eigenvalue weighted by Crippen LogP contribution is -2.28. The number of rotatable bonds is 6. The molecule has 0 atom stereocenters. The van der Waals surface area contributed by atoms with Crippen molar-refractivity contribution in [2.24, 2.45) is 0 Å². The highest BCUT2D eigenvalue weighted by Crippen LogP contribution is 2.23. The van der Waals surface area contributed by atoms with E-state index in [0.717, 1.165) is 12.5 Å². The molecule has 0 fully saturated rings. The zero-order chi connectivity index (χ0) is 14.6. The maximum Gasteiger partial charge on any atom is 0.242 e. The Hall–Kier alpha value is -1.40. The van der Waals surface area contributed by atoms with Gasteiger partial charge >= 0.3 is 0 Å². The highest BCUT2D eigenvalue weighted by Gasteiger charge is 2.22. The molecule has 0 saturated carbocycles. The maximum atomic E-state index is 13.6. The van der Waals surface area contributed by atoms with Gasteiger partial charge in [-0.25, -0.2) is 17.1 Å². The predicted octanol–water partition coefficient (Wildman–Crippen LogP) is 2.30. The van der Waals surface area contributed by atoms with Crippen LogP contribution in [0.5, 0.6) is 0 Å². The first-order valence-electron chi connectivity index (χ1n) is 5.93. The summed E-state index contributed by atoms with van der Waals surface area (Å²) in [6, 6.07) is 2.29. The minimum Gasteiger partial charge on any atom is -0.398 e. The van der Waals surface area contributed by atoms with Gasteiger partial charge < -0.3 is 5.73 Å². The quantitative estimate of drug-likeness (QED) is 0.496. The van der Waals surface area contributed by atoms with Gasteiger partial charge in [-0.2, -0.15) is 0 Å². The summed E-state index contributed by atoms with van der Waals surface area (Å²) < 4.78 is 39.2. The molecule has 0 aliphatic carbocycles. The summed E-state index contributed by atoms with van der Waals surface area (Å²) in [5.41, 5.74) is 6.00. The zero-order valence-corrected chi connectivity index (χ0v) is 12.0. The summed E-state index contributed by atoms with van der Waals surface area (Å²) in [7, 11) is -2.24. The Labute approximate surface area is 113 Å². The number of unbranched alkanes of at least 4 members (excludes halogenated alkanes) is 1. The molecule has 0 saturated heterocycles. The van der Waals surface area contributed by atoms with Crippen molar-refractivity contribution in [1.29, 1.82) is 0 Å². The molecule has 1 rings (SSSR count). The lowest BCUT2D eigenvalue weighted by atomic mass is 10.2. The van der Waals surface area contributed by atoms with E-state index in [-0.39, 0.29) is 16.1 Å². The van der Waals surface area contributed by atoms with E-state index in [4.69, 9.17) is 5.73 Å². The second-order valence-corrected chi connectivity index (χ2v) is 6.42. The van der Waals surface area contributed by atoms with Gasteiger partial charge in [0.15, 0.2) is 0 Å². The number of allylic oxidation sites excluding steroid dienone is 1. The number of nitrogens with two attached hydrogens (primary N) is 1. The van der Waals surface area contributed by atoms with Gasteiger partial charge in [-0.15, -0.1) is 6.58 Å². The van der Waals surface area contributed by atoms with E-state index in [2.05, 4.69) is 6.58 Å². The van der Waals surface area contributed by atoms with E-state index in [1.54, 1.807) is 6.08 Å². The number of hydrogen-bond acceptors (Lipinski definition) is 3. The normalized spacial score (nSPS) is 11.8. The molecule has 6 heteroatoms. The van der Waals surface area contributed by atoms with Gasteiger partial charge in [0.1, 0.15) is 5.82 Å². The van der Waals surface area contributed by atoms with E-state index in [1.165, 1.54) is 24.3 Å². The van der Waals surface area contributed by atoms with Gasteiger partial charge in [0.2, 0.25) is 10.0 Å².